The van der Waals surface area contributed by atoms with E-state index in [0.29, 0.717) is 0 Å². The molecule has 2 unspecified atom stereocenters. The van der Waals surface area contributed by atoms with Crippen LogP contribution in [0.3, 0.4) is 0 Å². The SMILES string of the molecule is Cc1cc(N2CCC3CCCCC32)c(Br)cc1N. The molecule has 0 spiro atoms. The lowest BCUT2D eigenvalue weighted by Gasteiger charge is -2.34. The van der Waals surface area contributed by atoms with Crippen LogP contribution in [0.2, 0.25) is 0 Å². The smallest absolute Gasteiger partial charge is 0.0517 e. The highest BCUT2D eigenvalue weighted by Crippen LogP contribution is 2.42. The number of anilines is 2. The van der Waals surface area contributed by atoms with Crippen LogP contribution in [-0.4, -0.2) is 12.6 Å². The van der Waals surface area contributed by atoms with Gasteiger partial charge in [0, 0.05) is 22.7 Å². The van der Waals surface area contributed by atoms with E-state index in [1.807, 2.05) is 0 Å². The second-order valence-corrected chi connectivity index (χ2v) is 6.61. The molecule has 2 fully saturated rings. The van der Waals surface area contributed by atoms with Gasteiger partial charge in [-0.1, -0.05) is 12.8 Å². The maximum atomic E-state index is 5.97. The van der Waals surface area contributed by atoms with Gasteiger partial charge in [-0.15, -0.1) is 0 Å². The van der Waals surface area contributed by atoms with Gasteiger partial charge in [-0.3, -0.25) is 0 Å². The fourth-order valence-electron chi connectivity index (χ4n) is 3.61. The summed E-state index contributed by atoms with van der Waals surface area (Å²) >= 11 is 3.69. The molecule has 0 amide bonds. The number of benzene rings is 1. The van der Waals surface area contributed by atoms with E-state index in [0.717, 1.165) is 22.1 Å². The molecule has 0 aromatic heterocycles. The highest BCUT2D eigenvalue weighted by atomic mass is 79.9. The molecule has 2 atom stereocenters. The van der Waals surface area contributed by atoms with Gasteiger partial charge in [-0.25, -0.2) is 0 Å². The number of nitrogens with zero attached hydrogens (tertiary/aromatic N) is 1. The monoisotopic (exact) mass is 308 g/mol. The molecule has 1 aliphatic heterocycles. The van der Waals surface area contributed by atoms with Gasteiger partial charge in [0.2, 0.25) is 0 Å². The zero-order valence-corrected chi connectivity index (χ0v) is 12.5. The minimum absolute atomic E-state index is 0.762. The second-order valence-electron chi connectivity index (χ2n) is 5.75. The summed E-state index contributed by atoms with van der Waals surface area (Å²) in [4.78, 5) is 2.61. The number of aryl methyl sites for hydroxylation is 1. The van der Waals surface area contributed by atoms with Crippen LogP contribution < -0.4 is 10.6 Å². The zero-order valence-electron chi connectivity index (χ0n) is 11.0. The third-order valence-corrected chi connectivity index (χ3v) is 5.29. The molecule has 2 aliphatic rings. The van der Waals surface area contributed by atoms with Gasteiger partial charge in [0.1, 0.15) is 0 Å². The van der Waals surface area contributed by atoms with E-state index in [2.05, 4.69) is 39.9 Å². The standard InChI is InChI=1S/C15H21BrN2/c1-10-8-15(12(16)9-13(10)17)18-7-6-11-4-2-3-5-14(11)18/h8-9,11,14H,2-7,17H2,1H3. The van der Waals surface area contributed by atoms with Gasteiger partial charge in [0.15, 0.2) is 0 Å². The van der Waals surface area contributed by atoms with Gasteiger partial charge in [-0.05, 0) is 65.7 Å². The van der Waals surface area contributed by atoms with Crippen molar-refractivity contribution in [3.8, 4) is 0 Å². The summed E-state index contributed by atoms with van der Waals surface area (Å²) in [7, 11) is 0. The van der Waals surface area contributed by atoms with Crippen LogP contribution in [0.25, 0.3) is 0 Å². The molecule has 0 bridgehead atoms. The van der Waals surface area contributed by atoms with Gasteiger partial charge in [-0.2, -0.15) is 0 Å². The van der Waals surface area contributed by atoms with Crippen molar-refractivity contribution in [2.24, 2.45) is 5.92 Å². The topological polar surface area (TPSA) is 29.3 Å². The Kier molecular flexibility index (Phi) is 3.27. The number of halogens is 1. The predicted molar refractivity (Wildman–Crippen MR) is 81.0 cm³/mol. The Morgan fingerprint density at radius 3 is 2.83 bits per heavy atom. The second kappa shape index (κ2) is 4.76. The summed E-state index contributed by atoms with van der Waals surface area (Å²) in [5.74, 6) is 0.920. The van der Waals surface area contributed by atoms with Crippen molar-refractivity contribution in [1.82, 2.24) is 0 Å². The van der Waals surface area contributed by atoms with Crippen LogP contribution in [0.1, 0.15) is 37.7 Å². The Hall–Kier alpha value is -0.700. The van der Waals surface area contributed by atoms with Crippen LogP contribution in [-0.2, 0) is 0 Å². The number of fused-ring (bicyclic) bond motifs is 1. The number of hydrogen-bond acceptors (Lipinski definition) is 2. The van der Waals surface area contributed by atoms with E-state index in [1.165, 1.54) is 49.9 Å². The number of nitrogens with two attached hydrogens (primary N) is 1. The molecule has 3 heteroatoms. The Balaban J connectivity index is 1.93. The summed E-state index contributed by atoms with van der Waals surface area (Å²) in [5.41, 5.74) is 9.38. The van der Waals surface area contributed by atoms with Crippen molar-refractivity contribution in [3.63, 3.8) is 0 Å². The summed E-state index contributed by atoms with van der Waals surface area (Å²) in [6.07, 6.45) is 6.97. The van der Waals surface area contributed by atoms with Crippen LogP contribution >= 0.6 is 15.9 Å². The summed E-state index contributed by atoms with van der Waals surface area (Å²) in [6, 6.07) is 5.06. The van der Waals surface area contributed by atoms with E-state index < -0.39 is 0 Å². The van der Waals surface area contributed by atoms with Crippen molar-refractivity contribution in [2.75, 3.05) is 17.2 Å². The van der Waals surface area contributed by atoms with Gasteiger partial charge < -0.3 is 10.6 Å². The van der Waals surface area contributed by atoms with E-state index in [9.17, 15) is 0 Å². The summed E-state index contributed by atoms with van der Waals surface area (Å²) < 4.78 is 1.15. The van der Waals surface area contributed by atoms with E-state index in [4.69, 9.17) is 5.73 Å². The van der Waals surface area contributed by atoms with Crippen molar-refractivity contribution in [1.29, 1.82) is 0 Å². The largest absolute Gasteiger partial charge is 0.398 e. The summed E-state index contributed by atoms with van der Waals surface area (Å²) in [6.45, 7) is 3.30. The van der Waals surface area contributed by atoms with Crippen molar-refractivity contribution >= 4 is 27.3 Å². The molecule has 98 valence electrons. The van der Waals surface area contributed by atoms with Gasteiger partial charge in [0.25, 0.3) is 0 Å². The normalized spacial score (nSPS) is 27.3. The van der Waals surface area contributed by atoms with Crippen LogP contribution in [0.15, 0.2) is 16.6 Å². The molecule has 1 saturated carbocycles. The van der Waals surface area contributed by atoms with Crippen molar-refractivity contribution in [2.45, 2.75) is 45.1 Å². The fraction of sp³-hybridized carbons (Fsp3) is 0.600. The fourth-order valence-corrected chi connectivity index (χ4v) is 4.20. The predicted octanol–water partition coefficient (Wildman–Crippen LogP) is 4.11. The maximum absolute atomic E-state index is 5.97. The van der Waals surface area contributed by atoms with Crippen LogP contribution in [0.4, 0.5) is 11.4 Å². The van der Waals surface area contributed by atoms with E-state index >= 15 is 0 Å². The molecule has 1 aromatic carbocycles. The van der Waals surface area contributed by atoms with Crippen LogP contribution in [0.5, 0.6) is 0 Å². The molecule has 1 aliphatic carbocycles. The Morgan fingerprint density at radius 1 is 1.22 bits per heavy atom. The number of nitrogen functional groups attached to an aromatic ring is 1. The average molecular weight is 309 g/mol. The van der Waals surface area contributed by atoms with E-state index in [1.54, 1.807) is 0 Å². The first kappa shape index (κ1) is 12.3. The van der Waals surface area contributed by atoms with E-state index in [-0.39, 0.29) is 0 Å². The first-order valence-corrected chi connectivity index (χ1v) is 7.78. The first-order chi connectivity index (χ1) is 8.66. The molecule has 1 aromatic rings. The molecular weight excluding hydrogens is 288 g/mol. The van der Waals surface area contributed by atoms with Gasteiger partial charge >= 0.3 is 0 Å². The van der Waals surface area contributed by atoms with Crippen molar-refractivity contribution in [3.05, 3.63) is 22.2 Å². The molecule has 18 heavy (non-hydrogen) atoms. The van der Waals surface area contributed by atoms with Crippen LogP contribution in [0, 0.1) is 12.8 Å². The lowest BCUT2D eigenvalue weighted by molar-refractivity contribution is 0.342. The Labute approximate surface area is 118 Å². The highest BCUT2D eigenvalue weighted by Gasteiger charge is 2.36. The molecule has 3 rings (SSSR count). The first-order valence-electron chi connectivity index (χ1n) is 6.99. The quantitative estimate of drug-likeness (QED) is 0.791. The minimum atomic E-state index is 0.762. The molecule has 1 saturated heterocycles. The molecule has 1 heterocycles. The molecule has 0 radical (unpaired) electrons. The zero-order chi connectivity index (χ0) is 12.7. The Morgan fingerprint density at radius 2 is 2.00 bits per heavy atom. The lowest BCUT2D eigenvalue weighted by Crippen LogP contribution is -2.34. The Bertz CT molecular complexity index is 458. The maximum Gasteiger partial charge on any atom is 0.0517 e. The minimum Gasteiger partial charge on any atom is -0.398 e. The lowest BCUT2D eigenvalue weighted by atomic mass is 9.85. The summed E-state index contributed by atoms with van der Waals surface area (Å²) in [5, 5.41) is 0. The molecule has 2 nitrogen and oxygen atoms in total. The third kappa shape index (κ3) is 2.03. The third-order valence-electron chi connectivity index (χ3n) is 4.65. The molecular formula is C15H21BrN2. The van der Waals surface area contributed by atoms with Gasteiger partial charge in [0.05, 0.1) is 5.69 Å². The molecule has 2 N–H and O–H groups in total. The number of rotatable bonds is 1. The van der Waals surface area contributed by atoms with Crippen molar-refractivity contribution < 1.29 is 0 Å². The number of hydrogen-bond donors (Lipinski definition) is 1. The highest BCUT2D eigenvalue weighted by molar-refractivity contribution is 9.10. The average Bonchev–Trinajstić information content (AvgIpc) is 2.78.